The normalized spacial score (nSPS) is 22.6. The molecule has 0 bridgehead atoms. The zero-order valence-corrected chi connectivity index (χ0v) is 11.6. The third-order valence-corrected chi connectivity index (χ3v) is 4.80. The molecule has 0 radical (unpaired) electrons. The second kappa shape index (κ2) is 5.72. The number of aliphatic hydroxyl groups is 1. The lowest BCUT2D eigenvalue weighted by atomic mass is 9.90. The lowest BCUT2D eigenvalue weighted by molar-refractivity contribution is 0.0236. The average molecular weight is 307 g/mol. The van der Waals surface area contributed by atoms with Crippen LogP contribution in [0.15, 0.2) is 17.0 Å². The predicted molar refractivity (Wildman–Crippen MR) is 66.4 cm³/mol. The van der Waals surface area contributed by atoms with Crippen molar-refractivity contribution in [2.24, 2.45) is 0 Å². The molecule has 0 aromatic heterocycles. The summed E-state index contributed by atoms with van der Waals surface area (Å²) < 4.78 is 58.3. The molecule has 0 unspecified atom stereocenters. The molecule has 0 spiro atoms. The van der Waals surface area contributed by atoms with Gasteiger partial charge >= 0.3 is 0 Å². The van der Waals surface area contributed by atoms with E-state index in [9.17, 15) is 17.2 Å². The van der Waals surface area contributed by atoms with E-state index >= 15 is 0 Å². The van der Waals surface area contributed by atoms with Crippen LogP contribution in [0.25, 0.3) is 0 Å². The highest BCUT2D eigenvalue weighted by Gasteiger charge is 2.34. The molecule has 0 aliphatic heterocycles. The number of methoxy groups -OCH3 is 1. The standard InChI is InChI=1S/C12H15F2NO4S/c1-19-9-4-8(5-9)15-20(17,18)11-3-7(6-16)2-10(13)12(11)14/h2-3,8-9,15-16H,4-6H2,1H3. The molecular formula is C12H15F2NO4S. The van der Waals surface area contributed by atoms with Crippen molar-refractivity contribution >= 4 is 10.0 Å². The van der Waals surface area contributed by atoms with Crippen LogP contribution in [-0.4, -0.2) is 32.8 Å². The van der Waals surface area contributed by atoms with Gasteiger partial charge in [0.25, 0.3) is 0 Å². The first kappa shape index (κ1) is 15.3. The Morgan fingerprint density at radius 3 is 2.60 bits per heavy atom. The van der Waals surface area contributed by atoms with Crippen LogP contribution in [0, 0.1) is 11.6 Å². The first-order chi connectivity index (χ1) is 9.37. The summed E-state index contributed by atoms with van der Waals surface area (Å²) in [5.74, 6) is -2.75. The summed E-state index contributed by atoms with van der Waals surface area (Å²) >= 11 is 0. The molecule has 1 aromatic carbocycles. The summed E-state index contributed by atoms with van der Waals surface area (Å²) in [4.78, 5) is -0.789. The van der Waals surface area contributed by atoms with Crippen molar-refractivity contribution in [3.8, 4) is 0 Å². The fourth-order valence-corrected chi connectivity index (χ4v) is 3.44. The molecule has 1 aliphatic carbocycles. The number of benzene rings is 1. The van der Waals surface area contributed by atoms with Crippen LogP contribution < -0.4 is 4.72 Å². The first-order valence-corrected chi connectivity index (χ1v) is 7.49. The zero-order chi connectivity index (χ0) is 14.9. The Bertz CT molecular complexity index is 600. The number of ether oxygens (including phenoxy) is 1. The van der Waals surface area contributed by atoms with E-state index in [4.69, 9.17) is 9.84 Å². The SMILES string of the molecule is COC1CC(NS(=O)(=O)c2cc(CO)cc(F)c2F)C1. The van der Waals surface area contributed by atoms with Gasteiger partial charge in [0.2, 0.25) is 10.0 Å². The Morgan fingerprint density at radius 2 is 2.05 bits per heavy atom. The van der Waals surface area contributed by atoms with E-state index in [0.717, 1.165) is 12.1 Å². The molecule has 0 heterocycles. The molecule has 1 aliphatic rings. The minimum Gasteiger partial charge on any atom is -0.392 e. The highest BCUT2D eigenvalue weighted by atomic mass is 32.2. The number of aliphatic hydroxyl groups excluding tert-OH is 1. The maximum absolute atomic E-state index is 13.6. The third kappa shape index (κ3) is 2.98. The summed E-state index contributed by atoms with van der Waals surface area (Å²) in [6.45, 7) is -0.575. The molecule has 5 nitrogen and oxygen atoms in total. The number of hydrogen-bond donors (Lipinski definition) is 2. The molecule has 2 rings (SSSR count). The van der Waals surface area contributed by atoms with E-state index in [1.165, 1.54) is 7.11 Å². The van der Waals surface area contributed by atoms with Gasteiger partial charge in [0.05, 0.1) is 12.7 Å². The fraction of sp³-hybridized carbons (Fsp3) is 0.500. The second-order valence-corrected chi connectivity index (χ2v) is 6.38. The van der Waals surface area contributed by atoms with Crippen molar-refractivity contribution in [3.63, 3.8) is 0 Å². The molecule has 0 amide bonds. The fourth-order valence-electron chi connectivity index (χ4n) is 2.04. The molecule has 1 saturated carbocycles. The summed E-state index contributed by atoms with van der Waals surface area (Å²) in [5, 5.41) is 8.93. The highest BCUT2D eigenvalue weighted by Crippen LogP contribution is 2.26. The van der Waals surface area contributed by atoms with Crippen LogP contribution in [0.2, 0.25) is 0 Å². The van der Waals surface area contributed by atoms with Gasteiger partial charge in [-0.15, -0.1) is 0 Å². The maximum atomic E-state index is 13.6. The van der Waals surface area contributed by atoms with E-state index in [-0.39, 0.29) is 17.7 Å². The summed E-state index contributed by atoms with van der Waals surface area (Å²) in [7, 11) is -2.65. The quantitative estimate of drug-likeness (QED) is 0.848. The molecule has 0 saturated heterocycles. The second-order valence-electron chi connectivity index (χ2n) is 4.70. The van der Waals surface area contributed by atoms with Crippen LogP contribution >= 0.6 is 0 Å². The zero-order valence-electron chi connectivity index (χ0n) is 10.8. The minimum absolute atomic E-state index is 0.00680. The van der Waals surface area contributed by atoms with Crippen molar-refractivity contribution in [1.29, 1.82) is 0 Å². The van der Waals surface area contributed by atoms with E-state index in [1.807, 2.05) is 0 Å². The Kier molecular flexibility index (Phi) is 4.38. The molecule has 112 valence electrons. The summed E-state index contributed by atoms with van der Waals surface area (Å²) in [5.41, 5.74) is -0.00680. The molecule has 0 atom stereocenters. The summed E-state index contributed by atoms with van der Waals surface area (Å²) in [6, 6.07) is 1.33. The average Bonchev–Trinajstić information content (AvgIpc) is 2.36. The van der Waals surface area contributed by atoms with Gasteiger partial charge in [0, 0.05) is 13.2 Å². The molecule has 2 N–H and O–H groups in total. The Hall–Kier alpha value is -1.09. The van der Waals surface area contributed by atoms with Gasteiger partial charge in [-0.3, -0.25) is 0 Å². The molecular weight excluding hydrogens is 292 g/mol. The van der Waals surface area contributed by atoms with Crippen molar-refractivity contribution in [2.75, 3.05) is 7.11 Å². The first-order valence-electron chi connectivity index (χ1n) is 6.01. The van der Waals surface area contributed by atoms with Crippen LogP contribution in [-0.2, 0) is 21.4 Å². The van der Waals surface area contributed by atoms with Gasteiger partial charge in [-0.25, -0.2) is 21.9 Å². The smallest absolute Gasteiger partial charge is 0.243 e. The third-order valence-electron chi connectivity index (χ3n) is 3.28. The van der Waals surface area contributed by atoms with Crippen molar-refractivity contribution in [3.05, 3.63) is 29.3 Å². The monoisotopic (exact) mass is 307 g/mol. The van der Waals surface area contributed by atoms with Crippen molar-refractivity contribution < 1.29 is 27.0 Å². The largest absolute Gasteiger partial charge is 0.392 e. The van der Waals surface area contributed by atoms with Gasteiger partial charge in [-0.2, -0.15) is 0 Å². The van der Waals surface area contributed by atoms with Gasteiger partial charge in [0.1, 0.15) is 4.90 Å². The van der Waals surface area contributed by atoms with Gasteiger partial charge in [0.15, 0.2) is 11.6 Å². The number of hydrogen-bond acceptors (Lipinski definition) is 4. The van der Waals surface area contributed by atoms with Crippen LogP contribution in [0.1, 0.15) is 18.4 Å². The number of nitrogens with one attached hydrogen (secondary N) is 1. The van der Waals surface area contributed by atoms with Crippen LogP contribution in [0.4, 0.5) is 8.78 Å². The van der Waals surface area contributed by atoms with Gasteiger partial charge in [-0.1, -0.05) is 0 Å². The number of rotatable bonds is 5. The van der Waals surface area contributed by atoms with E-state index in [1.54, 1.807) is 0 Å². The lowest BCUT2D eigenvalue weighted by Crippen LogP contribution is -2.47. The molecule has 1 aromatic rings. The molecule has 20 heavy (non-hydrogen) atoms. The number of halogens is 2. The van der Waals surface area contributed by atoms with Gasteiger partial charge < -0.3 is 9.84 Å². The molecule has 1 fully saturated rings. The van der Waals surface area contributed by atoms with E-state index in [0.29, 0.717) is 12.8 Å². The van der Waals surface area contributed by atoms with Crippen LogP contribution in [0.3, 0.4) is 0 Å². The van der Waals surface area contributed by atoms with E-state index < -0.39 is 33.2 Å². The van der Waals surface area contributed by atoms with Gasteiger partial charge in [-0.05, 0) is 30.5 Å². The van der Waals surface area contributed by atoms with Crippen molar-refractivity contribution in [1.82, 2.24) is 4.72 Å². The Labute approximate surface area is 115 Å². The summed E-state index contributed by atoms with van der Waals surface area (Å²) in [6.07, 6.45) is 0.951. The van der Waals surface area contributed by atoms with E-state index in [2.05, 4.69) is 4.72 Å². The lowest BCUT2D eigenvalue weighted by Gasteiger charge is -2.34. The highest BCUT2D eigenvalue weighted by molar-refractivity contribution is 7.89. The maximum Gasteiger partial charge on any atom is 0.243 e. The van der Waals surface area contributed by atoms with Crippen molar-refractivity contribution in [2.45, 2.75) is 36.5 Å². The number of sulfonamides is 1. The topological polar surface area (TPSA) is 75.6 Å². The predicted octanol–water partition coefficient (Wildman–Crippen LogP) is 0.913. The Morgan fingerprint density at radius 1 is 1.40 bits per heavy atom. The molecule has 8 heteroatoms. The minimum atomic E-state index is -4.17. The Balaban J connectivity index is 2.23. The van der Waals surface area contributed by atoms with Crippen LogP contribution in [0.5, 0.6) is 0 Å².